The van der Waals surface area contributed by atoms with Crippen LogP contribution in [-0.2, 0) is 0 Å². The van der Waals surface area contributed by atoms with Crippen LogP contribution in [0.2, 0.25) is 0 Å². The van der Waals surface area contributed by atoms with Gasteiger partial charge in [0.15, 0.2) is 5.69 Å². The molecule has 1 aromatic carbocycles. The quantitative estimate of drug-likeness (QED) is 0.491. The Morgan fingerprint density at radius 3 is 2.69 bits per heavy atom. The van der Waals surface area contributed by atoms with Crippen LogP contribution in [0.1, 0.15) is 37.4 Å². The van der Waals surface area contributed by atoms with Gasteiger partial charge in [-0.15, -0.1) is 5.11 Å². The second-order valence-electron chi connectivity index (χ2n) is 5.69. The van der Waals surface area contributed by atoms with Crippen LogP contribution in [0, 0.1) is 28.4 Å². The third-order valence-corrected chi connectivity index (χ3v) is 4.05. The third-order valence-electron chi connectivity index (χ3n) is 4.05. The van der Waals surface area contributed by atoms with E-state index in [1.54, 1.807) is 6.92 Å². The molecule has 0 aliphatic carbocycles. The zero-order valence-electron chi connectivity index (χ0n) is 14.5. The van der Waals surface area contributed by atoms with Crippen molar-refractivity contribution < 1.29 is 10.0 Å². The summed E-state index contributed by atoms with van der Waals surface area (Å²) in [6.07, 6.45) is 0.558. The van der Waals surface area contributed by atoms with Crippen LogP contribution in [0.25, 0.3) is 0 Å². The summed E-state index contributed by atoms with van der Waals surface area (Å²) in [6, 6.07) is 7.02. The molecule has 0 radical (unpaired) electrons. The molecule has 1 heterocycles. The lowest BCUT2D eigenvalue weighted by atomic mass is 10.1. The van der Waals surface area contributed by atoms with E-state index in [1.165, 1.54) is 31.2 Å². The van der Waals surface area contributed by atoms with Gasteiger partial charge in [-0.25, -0.2) is 0 Å². The van der Waals surface area contributed by atoms with Gasteiger partial charge in [0.25, 0.3) is 11.2 Å². The van der Waals surface area contributed by atoms with Crippen molar-refractivity contribution >= 4 is 17.1 Å². The standard InChI is InChI=1S/C17H17N5O4/c1-4-10(2)21-16(23)14(9-18)11(3)15(17(21)24)20-19-12-6-5-7-13(8-12)22(25)26/h5-8,10,23H,4H2,1-3H3. The maximum Gasteiger partial charge on any atom is 0.281 e. The first-order chi connectivity index (χ1) is 12.3. The fourth-order valence-electron chi connectivity index (χ4n) is 2.40. The molecular formula is C17H17N5O4. The van der Waals surface area contributed by atoms with Crippen LogP contribution in [-0.4, -0.2) is 14.6 Å². The highest BCUT2D eigenvalue weighted by Gasteiger charge is 2.21. The van der Waals surface area contributed by atoms with Gasteiger partial charge in [0.05, 0.1) is 10.6 Å². The monoisotopic (exact) mass is 355 g/mol. The number of aromatic nitrogens is 1. The summed E-state index contributed by atoms with van der Waals surface area (Å²) in [6.45, 7) is 5.06. The van der Waals surface area contributed by atoms with Crippen molar-refractivity contribution in [1.82, 2.24) is 4.57 Å². The van der Waals surface area contributed by atoms with Crippen molar-refractivity contribution in [1.29, 1.82) is 5.26 Å². The van der Waals surface area contributed by atoms with E-state index < -0.39 is 16.4 Å². The number of hydrogen-bond acceptors (Lipinski definition) is 7. The number of pyridine rings is 1. The van der Waals surface area contributed by atoms with Gasteiger partial charge < -0.3 is 5.11 Å². The number of nitro groups is 1. The highest BCUT2D eigenvalue weighted by molar-refractivity contribution is 5.57. The molecule has 0 bridgehead atoms. The van der Waals surface area contributed by atoms with E-state index in [-0.39, 0.29) is 34.2 Å². The Balaban J connectivity index is 2.63. The molecule has 26 heavy (non-hydrogen) atoms. The van der Waals surface area contributed by atoms with E-state index in [0.717, 1.165) is 4.57 Å². The van der Waals surface area contributed by atoms with Crippen LogP contribution in [0.3, 0.4) is 0 Å². The van der Waals surface area contributed by atoms with Gasteiger partial charge in [0.1, 0.15) is 11.6 Å². The Bertz CT molecular complexity index is 988. The zero-order valence-corrected chi connectivity index (χ0v) is 14.5. The average Bonchev–Trinajstić information content (AvgIpc) is 2.61. The Hall–Kier alpha value is -3.54. The van der Waals surface area contributed by atoms with Gasteiger partial charge >= 0.3 is 0 Å². The highest BCUT2D eigenvalue weighted by Crippen LogP contribution is 2.30. The van der Waals surface area contributed by atoms with Crippen molar-refractivity contribution in [3.63, 3.8) is 0 Å². The molecule has 134 valence electrons. The molecule has 1 unspecified atom stereocenters. The first kappa shape index (κ1) is 18.8. The van der Waals surface area contributed by atoms with Gasteiger partial charge in [-0.3, -0.25) is 19.5 Å². The molecule has 9 heteroatoms. The lowest BCUT2D eigenvalue weighted by molar-refractivity contribution is -0.384. The van der Waals surface area contributed by atoms with E-state index >= 15 is 0 Å². The molecule has 0 saturated heterocycles. The molecule has 1 N–H and O–H groups in total. The molecule has 1 atom stereocenters. The number of nitriles is 1. The molecular weight excluding hydrogens is 338 g/mol. The van der Waals surface area contributed by atoms with Gasteiger partial charge in [0.2, 0.25) is 5.88 Å². The normalized spacial score (nSPS) is 12.1. The number of non-ortho nitro benzene ring substituents is 1. The molecule has 1 aromatic heterocycles. The van der Waals surface area contributed by atoms with E-state index in [2.05, 4.69) is 10.2 Å². The lowest BCUT2D eigenvalue weighted by Crippen LogP contribution is -2.24. The van der Waals surface area contributed by atoms with Crippen LogP contribution in [0.5, 0.6) is 5.88 Å². The molecule has 9 nitrogen and oxygen atoms in total. The maximum atomic E-state index is 12.7. The summed E-state index contributed by atoms with van der Waals surface area (Å²) < 4.78 is 1.10. The summed E-state index contributed by atoms with van der Waals surface area (Å²) in [5, 5.41) is 38.2. The van der Waals surface area contributed by atoms with Crippen LogP contribution < -0.4 is 5.56 Å². The SMILES string of the molecule is CCC(C)n1c(O)c(C#N)c(C)c(N=Nc2cccc([N+](=O)[O-])c2)c1=O. The zero-order chi connectivity index (χ0) is 19.4. The highest BCUT2D eigenvalue weighted by atomic mass is 16.6. The molecule has 0 saturated carbocycles. The molecule has 2 rings (SSSR count). The van der Waals surface area contributed by atoms with Crippen LogP contribution in [0.15, 0.2) is 39.3 Å². The van der Waals surface area contributed by atoms with Gasteiger partial charge in [-0.1, -0.05) is 13.0 Å². The fraction of sp³-hybridized carbons (Fsp3) is 0.294. The average molecular weight is 355 g/mol. The summed E-state index contributed by atoms with van der Waals surface area (Å²) in [5.74, 6) is -0.404. The number of nitro benzene ring substituents is 1. The number of nitrogens with zero attached hydrogens (tertiary/aromatic N) is 5. The van der Waals surface area contributed by atoms with Gasteiger partial charge in [-0.05, 0) is 26.3 Å². The predicted octanol–water partition coefficient (Wildman–Crippen LogP) is 4.03. The second kappa shape index (κ2) is 7.57. The predicted molar refractivity (Wildman–Crippen MR) is 94.1 cm³/mol. The summed E-state index contributed by atoms with van der Waals surface area (Å²) in [5.41, 5.74) is -0.492. The number of benzene rings is 1. The minimum atomic E-state index is -0.581. The van der Waals surface area contributed by atoms with Gasteiger partial charge in [-0.2, -0.15) is 10.4 Å². The minimum absolute atomic E-state index is 0.0575. The van der Waals surface area contributed by atoms with Crippen molar-refractivity contribution in [3.8, 4) is 11.9 Å². The number of azo groups is 1. The summed E-state index contributed by atoms with van der Waals surface area (Å²) in [4.78, 5) is 23.0. The smallest absolute Gasteiger partial charge is 0.281 e. The van der Waals surface area contributed by atoms with E-state index in [4.69, 9.17) is 0 Å². The fourth-order valence-corrected chi connectivity index (χ4v) is 2.40. The Morgan fingerprint density at radius 1 is 1.42 bits per heavy atom. The number of aromatic hydroxyl groups is 1. The lowest BCUT2D eigenvalue weighted by Gasteiger charge is -2.17. The first-order valence-electron chi connectivity index (χ1n) is 7.86. The van der Waals surface area contributed by atoms with Crippen LogP contribution in [0.4, 0.5) is 17.1 Å². The van der Waals surface area contributed by atoms with E-state index in [9.17, 15) is 25.3 Å². The largest absolute Gasteiger partial charge is 0.493 e. The summed E-state index contributed by atoms with van der Waals surface area (Å²) >= 11 is 0. The molecule has 0 aliphatic heterocycles. The molecule has 0 fully saturated rings. The maximum absolute atomic E-state index is 12.7. The van der Waals surface area contributed by atoms with Crippen molar-refractivity contribution in [2.75, 3.05) is 0 Å². The number of rotatable bonds is 5. The molecule has 2 aromatic rings. The molecule has 0 spiro atoms. The molecule has 0 amide bonds. The minimum Gasteiger partial charge on any atom is -0.493 e. The van der Waals surface area contributed by atoms with Crippen molar-refractivity contribution in [2.24, 2.45) is 10.2 Å². The third kappa shape index (κ3) is 3.44. The van der Waals surface area contributed by atoms with Gasteiger partial charge in [0, 0.05) is 23.7 Å². The van der Waals surface area contributed by atoms with E-state index in [0.29, 0.717) is 6.42 Å². The number of hydrogen-bond donors (Lipinski definition) is 1. The Labute approximate surface area is 149 Å². The topological polar surface area (TPSA) is 134 Å². The Kier molecular flexibility index (Phi) is 5.47. The Morgan fingerprint density at radius 2 is 2.12 bits per heavy atom. The van der Waals surface area contributed by atoms with Crippen molar-refractivity contribution in [2.45, 2.75) is 33.2 Å². The second-order valence-corrected chi connectivity index (χ2v) is 5.69. The first-order valence-corrected chi connectivity index (χ1v) is 7.86. The van der Waals surface area contributed by atoms with Crippen LogP contribution >= 0.6 is 0 Å². The van der Waals surface area contributed by atoms with Crippen molar-refractivity contribution in [3.05, 3.63) is 55.9 Å². The summed E-state index contributed by atoms with van der Waals surface area (Å²) in [7, 11) is 0. The molecule has 0 aliphatic rings. The van der Waals surface area contributed by atoms with E-state index in [1.807, 2.05) is 13.0 Å².